The van der Waals surface area contributed by atoms with Gasteiger partial charge in [-0.15, -0.1) is 11.3 Å². The number of rotatable bonds is 5. The van der Waals surface area contributed by atoms with E-state index in [9.17, 15) is 9.59 Å². The monoisotopic (exact) mass is 402 g/mol. The van der Waals surface area contributed by atoms with Crippen LogP contribution in [0.15, 0.2) is 40.5 Å². The van der Waals surface area contributed by atoms with E-state index in [4.69, 9.17) is 11.6 Å². The SMILES string of the molecule is O=C(CC1CCCN1Cc1nc2ccccc2c(=O)[nH]1)Nc1ccsc1Cl. The number of halogens is 1. The number of H-pyrrole nitrogens is 1. The molecule has 0 bridgehead atoms. The number of para-hydroxylation sites is 1. The lowest BCUT2D eigenvalue weighted by Gasteiger charge is -2.23. The molecule has 27 heavy (non-hydrogen) atoms. The molecule has 140 valence electrons. The minimum atomic E-state index is -0.129. The Labute approximate surface area is 165 Å². The van der Waals surface area contributed by atoms with Gasteiger partial charge in [-0.3, -0.25) is 14.5 Å². The van der Waals surface area contributed by atoms with E-state index >= 15 is 0 Å². The molecule has 1 aliphatic rings. The standard InChI is InChI=1S/C19H19ClN4O2S/c20-18-15(7-9-27-18)22-17(25)10-12-4-3-8-24(12)11-16-21-14-6-2-1-5-13(14)19(26)23-16/h1-2,5-7,9,12H,3-4,8,10-11H2,(H,22,25)(H,21,23,26). The third kappa shape index (κ3) is 4.05. The lowest BCUT2D eigenvalue weighted by Crippen LogP contribution is -2.33. The van der Waals surface area contributed by atoms with Crippen LogP contribution in [-0.2, 0) is 11.3 Å². The van der Waals surface area contributed by atoms with Gasteiger partial charge >= 0.3 is 0 Å². The van der Waals surface area contributed by atoms with Crippen LogP contribution >= 0.6 is 22.9 Å². The molecule has 0 radical (unpaired) electrons. The Balaban J connectivity index is 1.45. The Kier molecular flexibility index (Phi) is 5.24. The van der Waals surface area contributed by atoms with Crippen molar-refractivity contribution in [1.29, 1.82) is 0 Å². The van der Waals surface area contributed by atoms with Crippen LogP contribution in [-0.4, -0.2) is 33.4 Å². The van der Waals surface area contributed by atoms with Crippen molar-refractivity contribution in [3.63, 3.8) is 0 Å². The number of anilines is 1. The van der Waals surface area contributed by atoms with Crippen LogP contribution in [0.5, 0.6) is 0 Å². The molecule has 1 aromatic carbocycles. The summed E-state index contributed by atoms with van der Waals surface area (Å²) in [4.78, 5) is 34.3. The van der Waals surface area contributed by atoms with Gasteiger partial charge in [-0.1, -0.05) is 23.7 Å². The summed E-state index contributed by atoms with van der Waals surface area (Å²) >= 11 is 7.44. The summed E-state index contributed by atoms with van der Waals surface area (Å²) in [6.07, 6.45) is 2.36. The highest BCUT2D eigenvalue weighted by Crippen LogP contribution is 2.28. The van der Waals surface area contributed by atoms with Gasteiger partial charge in [0.05, 0.1) is 23.1 Å². The summed E-state index contributed by atoms with van der Waals surface area (Å²) in [5.74, 6) is 0.582. The highest BCUT2D eigenvalue weighted by atomic mass is 35.5. The molecule has 3 aromatic rings. The topological polar surface area (TPSA) is 78.1 Å². The summed E-state index contributed by atoms with van der Waals surface area (Å²) in [5.41, 5.74) is 1.23. The van der Waals surface area contributed by atoms with Gasteiger partial charge in [-0.2, -0.15) is 0 Å². The Hall–Kier alpha value is -2.22. The van der Waals surface area contributed by atoms with Crippen molar-refractivity contribution in [1.82, 2.24) is 14.9 Å². The molecule has 8 heteroatoms. The number of aromatic nitrogens is 2. The number of nitrogens with one attached hydrogen (secondary N) is 2. The predicted molar refractivity (Wildman–Crippen MR) is 108 cm³/mol. The average molecular weight is 403 g/mol. The molecule has 2 N–H and O–H groups in total. The van der Waals surface area contributed by atoms with Crippen molar-refractivity contribution in [3.8, 4) is 0 Å². The molecule has 1 unspecified atom stereocenters. The van der Waals surface area contributed by atoms with Gasteiger partial charge in [0.1, 0.15) is 10.2 Å². The second-order valence-electron chi connectivity index (χ2n) is 6.66. The van der Waals surface area contributed by atoms with Gasteiger partial charge in [-0.25, -0.2) is 4.98 Å². The maximum Gasteiger partial charge on any atom is 0.258 e. The average Bonchev–Trinajstić information content (AvgIpc) is 3.24. The van der Waals surface area contributed by atoms with Gasteiger partial charge in [0.15, 0.2) is 0 Å². The minimum Gasteiger partial charge on any atom is -0.324 e. The predicted octanol–water partition coefficient (Wildman–Crippen LogP) is 3.63. The van der Waals surface area contributed by atoms with Gasteiger partial charge in [-0.05, 0) is 43.0 Å². The second-order valence-corrected chi connectivity index (χ2v) is 8.17. The number of hydrogen-bond acceptors (Lipinski definition) is 5. The van der Waals surface area contributed by atoms with Crippen LogP contribution < -0.4 is 10.9 Å². The van der Waals surface area contributed by atoms with Crippen LogP contribution in [0.3, 0.4) is 0 Å². The number of carbonyl (C=O) groups excluding carboxylic acids is 1. The van der Waals surface area contributed by atoms with E-state index in [0.717, 1.165) is 19.4 Å². The van der Waals surface area contributed by atoms with E-state index in [-0.39, 0.29) is 17.5 Å². The highest BCUT2D eigenvalue weighted by molar-refractivity contribution is 7.15. The second kappa shape index (κ2) is 7.80. The fourth-order valence-electron chi connectivity index (χ4n) is 3.53. The van der Waals surface area contributed by atoms with E-state index in [2.05, 4.69) is 20.2 Å². The molecule has 2 aromatic heterocycles. The smallest absolute Gasteiger partial charge is 0.258 e. The number of nitrogens with zero attached hydrogens (tertiary/aromatic N) is 2. The van der Waals surface area contributed by atoms with Gasteiger partial charge in [0, 0.05) is 12.5 Å². The van der Waals surface area contributed by atoms with Crippen molar-refractivity contribution in [2.24, 2.45) is 0 Å². The van der Waals surface area contributed by atoms with Crippen LogP contribution in [0.25, 0.3) is 10.9 Å². The zero-order valence-corrected chi connectivity index (χ0v) is 16.1. The Morgan fingerprint density at radius 1 is 1.37 bits per heavy atom. The van der Waals surface area contributed by atoms with E-state index in [1.54, 1.807) is 12.1 Å². The highest BCUT2D eigenvalue weighted by Gasteiger charge is 2.27. The minimum absolute atomic E-state index is 0.0489. The molecule has 1 amide bonds. The molecule has 1 fully saturated rings. The van der Waals surface area contributed by atoms with Crippen molar-refractivity contribution >= 4 is 45.4 Å². The van der Waals surface area contributed by atoms with Gasteiger partial charge in [0.2, 0.25) is 5.91 Å². The Bertz CT molecular complexity index is 1030. The van der Waals surface area contributed by atoms with Crippen molar-refractivity contribution < 1.29 is 4.79 Å². The maximum atomic E-state index is 12.4. The first-order chi connectivity index (χ1) is 13.1. The van der Waals surface area contributed by atoms with Crippen molar-refractivity contribution in [2.45, 2.75) is 31.8 Å². The van der Waals surface area contributed by atoms with E-state index < -0.39 is 0 Å². The summed E-state index contributed by atoms with van der Waals surface area (Å²) in [6.45, 7) is 1.41. The number of amides is 1. The fourth-order valence-corrected chi connectivity index (χ4v) is 4.37. The van der Waals surface area contributed by atoms with Crippen LogP contribution in [0.1, 0.15) is 25.1 Å². The maximum absolute atomic E-state index is 12.4. The molecule has 4 rings (SSSR count). The lowest BCUT2D eigenvalue weighted by molar-refractivity contribution is -0.117. The van der Waals surface area contributed by atoms with E-state index in [1.807, 2.05) is 23.6 Å². The number of fused-ring (bicyclic) bond motifs is 1. The van der Waals surface area contributed by atoms with Crippen molar-refractivity contribution in [2.75, 3.05) is 11.9 Å². The molecule has 0 saturated carbocycles. The summed E-state index contributed by atoms with van der Waals surface area (Å²) in [5, 5.41) is 5.31. The van der Waals surface area contributed by atoms with Gasteiger partial charge in [0.25, 0.3) is 5.56 Å². The third-order valence-electron chi connectivity index (χ3n) is 4.83. The van der Waals surface area contributed by atoms with Crippen LogP contribution in [0.2, 0.25) is 4.34 Å². The normalized spacial score (nSPS) is 17.4. The number of carbonyl (C=O) groups is 1. The zero-order chi connectivity index (χ0) is 18.8. The Morgan fingerprint density at radius 3 is 3.04 bits per heavy atom. The summed E-state index contributed by atoms with van der Waals surface area (Å²) in [7, 11) is 0. The Morgan fingerprint density at radius 2 is 2.22 bits per heavy atom. The third-order valence-corrected chi connectivity index (χ3v) is 6.00. The van der Waals surface area contributed by atoms with Crippen molar-refractivity contribution in [3.05, 3.63) is 56.2 Å². The number of hydrogen-bond donors (Lipinski definition) is 2. The van der Waals surface area contributed by atoms with Gasteiger partial charge < -0.3 is 10.3 Å². The first kappa shape index (κ1) is 18.2. The van der Waals surface area contributed by atoms with Crippen LogP contribution in [0.4, 0.5) is 5.69 Å². The first-order valence-electron chi connectivity index (χ1n) is 8.85. The molecule has 0 aliphatic carbocycles. The van der Waals surface area contributed by atoms with E-state index in [0.29, 0.717) is 39.7 Å². The number of aromatic amines is 1. The zero-order valence-electron chi connectivity index (χ0n) is 14.6. The molecule has 1 atom stereocenters. The molecular weight excluding hydrogens is 384 g/mol. The summed E-state index contributed by atoms with van der Waals surface area (Å²) in [6, 6.07) is 9.24. The van der Waals surface area contributed by atoms with Crippen LogP contribution in [0, 0.1) is 0 Å². The molecule has 3 heterocycles. The number of thiophene rings is 1. The lowest BCUT2D eigenvalue weighted by atomic mass is 10.1. The fraction of sp³-hybridized carbons (Fsp3) is 0.316. The number of benzene rings is 1. The first-order valence-corrected chi connectivity index (χ1v) is 10.1. The molecule has 6 nitrogen and oxygen atoms in total. The number of likely N-dealkylation sites (tertiary alicyclic amines) is 1. The molecular formula is C19H19ClN4O2S. The quantitative estimate of drug-likeness (QED) is 0.683. The molecule has 1 saturated heterocycles. The molecule has 1 aliphatic heterocycles. The largest absolute Gasteiger partial charge is 0.324 e. The molecule has 0 spiro atoms. The van der Waals surface area contributed by atoms with E-state index in [1.165, 1.54) is 11.3 Å². The summed E-state index contributed by atoms with van der Waals surface area (Å²) < 4.78 is 0.588.